The fourth-order valence-corrected chi connectivity index (χ4v) is 7.58. The van der Waals surface area contributed by atoms with Crippen LogP contribution in [0.4, 0.5) is 0 Å². The summed E-state index contributed by atoms with van der Waals surface area (Å²) < 4.78 is 0. The van der Waals surface area contributed by atoms with Crippen LogP contribution in [0.25, 0.3) is 0 Å². The van der Waals surface area contributed by atoms with Crippen molar-refractivity contribution >= 4 is 17.5 Å². The molecule has 0 amide bonds. The summed E-state index contributed by atoms with van der Waals surface area (Å²) in [5.74, 6) is 2.12. The van der Waals surface area contributed by atoms with E-state index in [2.05, 4.69) is 58.0 Å². The Bertz CT molecular complexity index is 656. The van der Waals surface area contributed by atoms with E-state index >= 15 is 0 Å². The molecule has 3 heteroatoms. The molecular formula is C25H38O2S. The highest BCUT2D eigenvalue weighted by Gasteiger charge is 2.63. The summed E-state index contributed by atoms with van der Waals surface area (Å²) in [5.41, 5.74) is 1.23. The molecule has 2 saturated carbocycles. The lowest BCUT2D eigenvalue weighted by molar-refractivity contribution is -0.127. The number of fused-ring (bicyclic) bond motifs is 2. The minimum Gasteiger partial charge on any atom is -0.393 e. The summed E-state index contributed by atoms with van der Waals surface area (Å²) >= 11 is 1.92. The van der Waals surface area contributed by atoms with Crippen molar-refractivity contribution in [2.75, 3.05) is 5.75 Å². The first-order valence-corrected chi connectivity index (χ1v) is 12.3. The molecule has 0 aliphatic heterocycles. The minimum atomic E-state index is -0.287. The third-order valence-electron chi connectivity index (χ3n) is 7.96. The van der Waals surface area contributed by atoms with Gasteiger partial charge in [-0.15, -0.1) is 0 Å². The second kappa shape index (κ2) is 8.92. The number of hydrogen-bond acceptors (Lipinski definition) is 3. The lowest BCUT2D eigenvalue weighted by atomic mass is 9.70. The molecule has 0 unspecified atom stereocenters. The smallest absolute Gasteiger partial charge is 0.140 e. The van der Waals surface area contributed by atoms with Crippen molar-refractivity contribution in [3.8, 4) is 0 Å². The molecule has 2 bridgehead atoms. The normalized spacial score (nSPS) is 29.0. The largest absolute Gasteiger partial charge is 0.393 e. The Morgan fingerprint density at radius 1 is 1.21 bits per heavy atom. The second-order valence-corrected chi connectivity index (χ2v) is 10.9. The number of unbranched alkanes of at least 4 members (excludes halogenated alkanes) is 2. The number of thioether (sulfide) groups is 1. The van der Waals surface area contributed by atoms with E-state index in [1.807, 2.05) is 11.8 Å². The van der Waals surface area contributed by atoms with Crippen molar-refractivity contribution in [3.63, 3.8) is 0 Å². The van der Waals surface area contributed by atoms with Gasteiger partial charge in [-0.05, 0) is 42.1 Å². The molecule has 2 nitrogen and oxygen atoms in total. The zero-order chi connectivity index (χ0) is 20.4. The predicted molar refractivity (Wildman–Crippen MR) is 120 cm³/mol. The number of carbonyl (C=O) groups excluding carboxylic acids is 1. The van der Waals surface area contributed by atoms with Crippen molar-refractivity contribution in [2.45, 2.75) is 84.0 Å². The zero-order valence-corrected chi connectivity index (χ0v) is 18.9. The molecular weight excluding hydrogens is 364 g/mol. The highest BCUT2D eigenvalue weighted by Crippen LogP contribution is 2.65. The Morgan fingerprint density at radius 3 is 2.50 bits per heavy atom. The van der Waals surface area contributed by atoms with Crippen LogP contribution in [0.2, 0.25) is 0 Å². The molecule has 0 heterocycles. The molecule has 0 aromatic heterocycles. The molecule has 5 atom stereocenters. The summed E-state index contributed by atoms with van der Waals surface area (Å²) in [6.07, 6.45) is 7.06. The van der Waals surface area contributed by atoms with Crippen molar-refractivity contribution in [2.24, 2.45) is 22.7 Å². The van der Waals surface area contributed by atoms with Crippen molar-refractivity contribution < 1.29 is 9.90 Å². The average molecular weight is 403 g/mol. The third-order valence-corrected chi connectivity index (χ3v) is 9.68. The van der Waals surface area contributed by atoms with Gasteiger partial charge in [0, 0.05) is 22.8 Å². The van der Waals surface area contributed by atoms with Crippen LogP contribution in [0, 0.1) is 22.7 Å². The third kappa shape index (κ3) is 3.94. The van der Waals surface area contributed by atoms with E-state index in [1.54, 1.807) is 0 Å². The first kappa shape index (κ1) is 21.9. The quantitative estimate of drug-likeness (QED) is 0.458. The van der Waals surface area contributed by atoms with Crippen LogP contribution in [0.15, 0.2) is 30.3 Å². The molecule has 28 heavy (non-hydrogen) atoms. The summed E-state index contributed by atoms with van der Waals surface area (Å²) in [6, 6.07) is 10.6. The highest BCUT2D eigenvalue weighted by molar-refractivity contribution is 7.99. The summed E-state index contributed by atoms with van der Waals surface area (Å²) in [7, 11) is 0. The second-order valence-electron chi connectivity index (χ2n) is 9.73. The van der Waals surface area contributed by atoms with E-state index in [9.17, 15) is 9.90 Å². The predicted octanol–water partition coefficient (Wildman–Crippen LogP) is 6.43. The Kier molecular flexibility index (Phi) is 6.97. The van der Waals surface area contributed by atoms with Crippen LogP contribution in [0.1, 0.15) is 83.5 Å². The lowest BCUT2D eigenvalue weighted by Gasteiger charge is -2.38. The molecule has 1 N–H and O–H groups in total. The molecule has 0 saturated heterocycles. The fourth-order valence-electron chi connectivity index (χ4n) is 5.60. The first-order chi connectivity index (χ1) is 13.3. The van der Waals surface area contributed by atoms with Gasteiger partial charge in [0.2, 0.25) is 0 Å². The number of aliphatic hydroxyl groups excluding tert-OH is 1. The van der Waals surface area contributed by atoms with Crippen molar-refractivity contribution in [1.29, 1.82) is 0 Å². The fraction of sp³-hybridized carbons (Fsp3) is 0.720. The molecule has 0 radical (unpaired) electrons. The van der Waals surface area contributed by atoms with Gasteiger partial charge in [-0.2, -0.15) is 11.8 Å². The Balaban J connectivity index is 1.76. The number of ketones is 1. The van der Waals surface area contributed by atoms with Gasteiger partial charge in [-0.3, -0.25) is 4.79 Å². The standard InChI is InChI=1S/C25H38O2S/c1-5-6-8-13-21(26)18(2)23(19-11-9-7-10-12-19)28-17-25-15-14-20(16-22(25)27)24(25,3)4/h7,9-12,18,20-21,23,26H,5-6,8,13-17H2,1-4H3/t18-,20+,21-,23+,25+/m0/s1. The lowest BCUT2D eigenvalue weighted by Crippen LogP contribution is -2.39. The summed E-state index contributed by atoms with van der Waals surface area (Å²) in [6.45, 7) is 9.03. The first-order valence-electron chi connectivity index (χ1n) is 11.2. The summed E-state index contributed by atoms with van der Waals surface area (Å²) in [5, 5.41) is 11.1. The van der Waals surface area contributed by atoms with Gasteiger partial charge in [-0.25, -0.2) is 0 Å². The Labute approximate surface area is 175 Å². The number of carbonyl (C=O) groups is 1. The van der Waals surface area contributed by atoms with Gasteiger partial charge in [0.05, 0.1) is 6.10 Å². The van der Waals surface area contributed by atoms with Gasteiger partial charge in [0.1, 0.15) is 5.78 Å². The van der Waals surface area contributed by atoms with Crippen LogP contribution >= 0.6 is 11.8 Å². The van der Waals surface area contributed by atoms with E-state index in [-0.39, 0.29) is 28.1 Å². The molecule has 2 aliphatic rings. The van der Waals surface area contributed by atoms with Crippen molar-refractivity contribution in [1.82, 2.24) is 0 Å². The molecule has 1 aromatic rings. The van der Waals surface area contributed by atoms with Gasteiger partial charge >= 0.3 is 0 Å². The molecule has 0 spiro atoms. The monoisotopic (exact) mass is 402 g/mol. The van der Waals surface area contributed by atoms with E-state index < -0.39 is 0 Å². The van der Waals surface area contributed by atoms with E-state index in [4.69, 9.17) is 0 Å². The van der Waals surface area contributed by atoms with Gasteiger partial charge in [-0.1, -0.05) is 77.3 Å². The van der Waals surface area contributed by atoms with E-state index in [0.29, 0.717) is 11.7 Å². The average Bonchev–Trinajstić information content (AvgIpc) is 3.04. The zero-order valence-electron chi connectivity index (χ0n) is 18.1. The summed E-state index contributed by atoms with van der Waals surface area (Å²) in [4.78, 5) is 12.9. The van der Waals surface area contributed by atoms with Crippen LogP contribution in [0.5, 0.6) is 0 Å². The Morgan fingerprint density at radius 2 is 1.93 bits per heavy atom. The number of aliphatic hydroxyl groups is 1. The van der Waals surface area contributed by atoms with Crippen molar-refractivity contribution in [3.05, 3.63) is 35.9 Å². The molecule has 156 valence electrons. The SMILES string of the molecule is CCCCC[C@H](O)[C@H](C)[C@@H](SC[C@]12CC[C@H](CC1=O)C2(C)C)c1ccccc1. The van der Waals surface area contributed by atoms with Crippen LogP contribution in [-0.2, 0) is 4.79 Å². The maximum atomic E-state index is 12.9. The molecule has 2 aliphatic carbocycles. The van der Waals surface area contributed by atoms with Gasteiger partial charge in [0.25, 0.3) is 0 Å². The molecule has 1 aromatic carbocycles. The molecule has 3 rings (SSSR count). The number of benzene rings is 1. The maximum absolute atomic E-state index is 12.9. The molecule has 2 fully saturated rings. The topological polar surface area (TPSA) is 37.3 Å². The number of hydrogen-bond donors (Lipinski definition) is 1. The number of rotatable bonds is 10. The maximum Gasteiger partial charge on any atom is 0.140 e. The van der Waals surface area contributed by atoms with Gasteiger partial charge in [0.15, 0.2) is 0 Å². The van der Waals surface area contributed by atoms with Crippen LogP contribution in [-0.4, -0.2) is 22.7 Å². The highest BCUT2D eigenvalue weighted by atomic mass is 32.2. The van der Waals surface area contributed by atoms with Gasteiger partial charge < -0.3 is 5.11 Å². The minimum absolute atomic E-state index is 0.112. The number of Topliss-reactive ketones (excluding diaryl/α,β-unsaturated/α-hetero) is 1. The van der Waals surface area contributed by atoms with Crippen LogP contribution in [0.3, 0.4) is 0 Å². The Hall–Kier alpha value is -0.800. The van der Waals surface area contributed by atoms with E-state index in [0.717, 1.165) is 31.4 Å². The van der Waals surface area contributed by atoms with E-state index in [1.165, 1.54) is 24.8 Å². The van der Waals surface area contributed by atoms with Crippen LogP contribution < -0.4 is 0 Å².